The number of amides is 1. The second-order valence-electron chi connectivity index (χ2n) is 11.7. The first-order valence-corrected chi connectivity index (χ1v) is 14.9. The van der Waals surface area contributed by atoms with Gasteiger partial charge in [0.25, 0.3) is 0 Å². The van der Waals surface area contributed by atoms with Gasteiger partial charge in [-0.15, -0.1) is 10.2 Å². The maximum absolute atomic E-state index is 14.9. The number of halogens is 5. The summed E-state index contributed by atoms with van der Waals surface area (Å²) in [5, 5.41) is 7.43. The Morgan fingerprint density at radius 1 is 1.14 bits per heavy atom. The topological polar surface area (TPSA) is 89.3 Å². The van der Waals surface area contributed by atoms with E-state index in [2.05, 4.69) is 25.1 Å². The predicted molar refractivity (Wildman–Crippen MR) is 149 cm³/mol. The third-order valence-corrected chi connectivity index (χ3v) is 8.96. The van der Waals surface area contributed by atoms with Gasteiger partial charge in [0.1, 0.15) is 11.6 Å². The fourth-order valence-corrected chi connectivity index (χ4v) is 6.55. The molecule has 1 saturated carbocycles. The molecule has 1 unspecified atom stereocenters. The standard InChI is InChI=1S/C29H32ClF4N7O2/c1-17-15-40(16-25-37-38-27(41(17)25)29(32,33)34)26(42)11-20-2-3-22(12-24(20)31)43-9-6-19-10-23(19)18-4-7-39(8-5-18)28-35-13-21(30)14-36-28/h2-3,12-14,17-19,23H,4-11,15-16H2,1H3/t17?,19-,23-/m1/s1. The molecule has 9 nitrogen and oxygen atoms in total. The van der Waals surface area contributed by atoms with Crippen molar-refractivity contribution >= 4 is 23.5 Å². The lowest BCUT2D eigenvalue weighted by atomic mass is 9.90. The van der Waals surface area contributed by atoms with Crippen molar-refractivity contribution in [3.8, 4) is 5.75 Å². The molecule has 6 rings (SSSR count). The van der Waals surface area contributed by atoms with Gasteiger partial charge >= 0.3 is 6.18 Å². The largest absolute Gasteiger partial charge is 0.493 e. The van der Waals surface area contributed by atoms with E-state index in [9.17, 15) is 22.4 Å². The first-order chi connectivity index (χ1) is 20.6. The summed E-state index contributed by atoms with van der Waals surface area (Å²) in [6.07, 6.45) is 2.69. The number of hydrogen-bond acceptors (Lipinski definition) is 7. The molecule has 2 aliphatic heterocycles. The van der Waals surface area contributed by atoms with Crippen molar-refractivity contribution in [2.24, 2.45) is 17.8 Å². The SMILES string of the molecule is CC1CN(C(=O)Cc2ccc(OCC[C@@H]3C[C@@H]3C3CCN(c4ncc(Cl)cn4)CC3)cc2F)Cc2nnc(C(F)(F)F)n21. The maximum Gasteiger partial charge on any atom is 0.451 e. The quantitative estimate of drug-likeness (QED) is 0.314. The fraction of sp³-hybridized carbons (Fsp3) is 0.552. The van der Waals surface area contributed by atoms with Crippen molar-refractivity contribution in [1.82, 2.24) is 29.6 Å². The number of anilines is 1. The molecule has 43 heavy (non-hydrogen) atoms. The lowest BCUT2D eigenvalue weighted by Gasteiger charge is -2.32. The summed E-state index contributed by atoms with van der Waals surface area (Å²) in [5.41, 5.74) is 0.200. The Labute approximate surface area is 251 Å². The third-order valence-electron chi connectivity index (χ3n) is 8.77. The van der Waals surface area contributed by atoms with E-state index in [1.807, 2.05) is 0 Å². The summed E-state index contributed by atoms with van der Waals surface area (Å²) >= 11 is 5.89. The van der Waals surface area contributed by atoms with Gasteiger partial charge in [-0.1, -0.05) is 17.7 Å². The molecule has 1 amide bonds. The monoisotopic (exact) mass is 621 g/mol. The van der Waals surface area contributed by atoms with Crippen LogP contribution in [0.1, 0.15) is 55.9 Å². The Morgan fingerprint density at radius 2 is 1.88 bits per heavy atom. The Morgan fingerprint density at radius 3 is 2.58 bits per heavy atom. The van der Waals surface area contributed by atoms with Crippen LogP contribution in [0.2, 0.25) is 5.02 Å². The molecular weight excluding hydrogens is 590 g/mol. The molecule has 1 saturated heterocycles. The van der Waals surface area contributed by atoms with Crippen molar-refractivity contribution in [3.05, 3.63) is 58.6 Å². The molecule has 0 radical (unpaired) electrons. The summed E-state index contributed by atoms with van der Waals surface area (Å²) in [4.78, 5) is 25.1. The average Bonchev–Trinajstić information content (AvgIpc) is 3.60. The van der Waals surface area contributed by atoms with E-state index in [-0.39, 0.29) is 30.9 Å². The summed E-state index contributed by atoms with van der Waals surface area (Å²) in [7, 11) is 0. The zero-order valence-electron chi connectivity index (χ0n) is 23.6. The van der Waals surface area contributed by atoms with E-state index in [4.69, 9.17) is 16.3 Å². The van der Waals surface area contributed by atoms with Crippen LogP contribution in [0.15, 0.2) is 30.6 Å². The number of carbonyl (C=O) groups is 1. The number of rotatable bonds is 8. The molecule has 3 aliphatic rings. The Balaban J connectivity index is 0.943. The van der Waals surface area contributed by atoms with Crippen LogP contribution in [0.4, 0.5) is 23.5 Å². The molecule has 1 aliphatic carbocycles. The first kappa shape index (κ1) is 29.6. The molecule has 0 bridgehead atoms. The van der Waals surface area contributed by atoms with Gasteiger partial charge in [-0.3, -0.25) is 4.79 Å². The summed E-state index contributed by atoms with van der Waals surface area (Å²) in [6, 6.07) is 3.79. The molecule has 230 valence electrons. The highest BCUT2D eigenvalue weighted by atomic mass is 35.5. The van der Waals surface area contributed by atoms with Gasteiger partial charge in [-0.2, -0.15) is 13.2 Å². The van der Waals surface area contributed by atoms with Crippen molar-refractivity contribution in [2.45, 2.75) is 57.8 Å². The van der Waals surface area contributed by atoms with Gasteiger partial charge in [0.05, 0.1) is 43.0 Å². The summed E-state index contributed by atoms with van der Waals surface area (Å²) < 4.78 is 61.4. The van der Waals surface area contributed by atoms with Crippen LogP contribution in [-0.4, -0.2) is 61.8 Å². The number of benzene rings is 1. The zero-order chi connectivity index (χ0) is 30.3. The number of alkyl halides is 3. The number of nitrogens with zero attached hydrogens (tertiary/aromatic N) is 7. The number of fused-ring (bicyclic) bond motifs is 1. The molecule has 4 heterocycles. The second kappa shape index (κ2) is 11.9. The highest BCUT2D eigenvalue weighted by Crippen LogP contribution is 2.50. The summed E-state index contributed by atoms with van der Waals surface area (Å²) in [6.45, 7) is 3.84. The normalized spacial score (nSPS) is 22.4. The highest BCUT2D eigenvalue weighted by Gasteiger charge is 2.44. The lowest BCUT2D eigenvalue weighted by molar-refractivity contribution is -0.149. The van der Waals surface area contributed by atoms with Crippen LogP contribution < -0.4 is 9.64 Å². The minimum absolute atomic E-state index is 0.0494. The molecule has 0 N–H and O–H groups in total. The minimum atomic E-state index is -4.63. The predicted octanol–water partition coefficient (Wildman–Crippen LogP) is 5.35. The average molecular weight is 622 g/mol. The Bertz CT molecular complexity index is 1460. The highest BCUT2D eigenvalue weighted by molar-refractivity contribution is 6.30. The molecule has 3 atom stereocenters. The van der Waals surface area contributed by atoms with Crippen molar-refractivity contribution < 1.29 is 27.1 Å². The van der Waals surface area contributed by atoms with E-state index in [0.717, 1.165) is 42.9 Å². The third kappa shape index (κ3) is 6.56. The number of hydrogen-bond donors (Lipinski definition) is 0. The molecule has 2 aromatic heterocycles. The summed E-state index contributed by atoms with van der Waals surface area (Å²) in [5.74, 6) is 1.12. The van der Waals surface area contributed by atoms with Crippen molar-refractivity contribution in [2.75, 3.05) is 31.1 Å². The number of aromatic nitrogens is 5. The van der Waals surface area contributed by atoms with E-state index >= 15 is 0 Å². The zero-order valence-corrected chi connectivity index (χ0v) is 24.4. The van der Waals surface area contributed by atoms with Crippen LogP contribution in [0.5, 0.6) is 5.75 Å². The molecule has 14 heteroatoms. The number of ether oxygens (including phenoxy) is 1. The molecule has 1 aromatic carbocycles. The van der Waals surface area contributed by atoms with Crippen LogP contribution in [0, 0.1) is 23.6 Å². The first-order valence-electron chi connectivity index (χ1n) is 14.5. The molecular formula is C29H32ClF4N7O2. The van der Waals surface area contributed by atoms with Gasteiger partial charge in [0.2, 0.25) is 17.7 Å². The van der Waals surface area contributed by atoms with E-state index in [1.54, 1.807) is 25.4 Å². The van der Waals surface area contributed by atoms with Crippen molar-refractivity contribution in [1.29, 1.82) is 0 Å². The smallest absolute Gasteiger partial charge is 0.451 e. The van der Waals surface area contributed by atoms with E-state index in [0.29, 0.717) is 35.1 Å². The molecule has 2 fully saturated rings. The number of carbonyl (C=O) groups excluding carboxylic acids is 1. The fourth-order valence-electron chi connectivity index (χ4n) is 6.45. The molecule has 3 aromatic rings. The van der Waals surface area contributed by atoms with E-state index in [1.165, 1.54) is 23.5 Å². The van der Waals surface area contributed by atoms with E-state index < -0.39 is 29.8 Å². The Kier molecular flexibility index (Phi) is 8.18. The van der Waals surface area contributed by atoms with Crippen molar-refractivity contribution in [3.63, 3.8) is 0 Å². The maximum atomic E-state index is 14.9. The van der Waals surface area contributed by atoms with Gasteiger partial charge in [0.15, 0.2) is 5.82 Å². The van der Waals surface area contributed by atoms with Crippen LogP contribution >= 0.6 is 11.6 Å². The van der Waals surface area contributed by atoms with Gasteiger partial charge in [-0.25, -0.2) is 14.4 Å². The van der Waals surface area contributed by atoms with Crippen LogP contribution in [0.25, 0.3) is 0 Å². The lowest BCUT2D eigenvalue weighted by Crippen LogP contribution is -2.42. The van der Waals surface area contributed by atoms with Gasteiger partial charge in [0, 0.05) is 25.7 Å². The minimum Gasteiger partial charge on any atom is -0.493 e. The van der Waals surface area contributed by atoms with Crippen LogP contribution in [0.3, 0.4) is 0 Å². The van der Waals surface area contributed by atoms with Gasteiger partial charge < -0.3 is 19.1 Å². The Hall–Kier alpha value is -3.48. The molecule has 0 spiro atoms. The number of piperidine rings is 1. The van der Waals surface area contributed by atoms with Gasteiger partial charge in [-0.05, 0) is 62.0 Å². The van der Waals surface area contributed by atoms with Crippen LogP contribution in [-0.2, 0) is 23.9 Å². The second-order valence-corrected chi connectivity index (χ2v) is 12.1.